The van der Waals surface area contributed by atoms with Crippen molar-refractivity contribution >= 4 is 38.9 Å². The SMILES string of the molecule is Cc1ccc(C(=O)N(C)Cc2cc(Br)cs2)cc1N. The van der Waals surface area contributed by atoms with Gasteiger partial charge in [0.05, 0.1) is 6.54 Å². The van der Waals surface area contributed by atoms with Gasteiger partial charge in [0.25, 0.3) is 5.91 Å². The van der Waals surface area contributed by atoms with Crippen molar-refractivity contribution in [3.05, 3.63) is 50.1 Å². The van der Waals surface area contributed by atoms with Gasteiger partial charge in [-0.3, -0.25) is 4.79 Å². The molecular weight excluding hydrogens is 324 g/mol. The molecule has 1 amide bonds. The summed E-state index contributed by atoms with van der Waals surface area (Å²) in [6, 6.07) is 7.45. The molecule has 0 fully saturated rings. The number of carbonyl (C=O) groups excluding carboxylic acids is 1. The number of rotatable bonds is 3. The molecule has 0 aliphatic heterocycles. The first-order valence-electron chi connectivity index (χ1n) is 5.82. The molecule has 0 spiro atoms. The van der Waals surface area contributed by atoms with Crippen molar-refractivity contribution < 1.29 is 4.79 Å². The maximum atomic E-state index is 12.3. The molecule has 5 heteroatoms. The molecule has 0 aliphatic rings. The van der Waals surface area contributed by atoms with E-state index in [9.17, 15) is 4.79 Å². The highest BCUT2D eigenvalue weighted by Crippen LogP contribution is 2.22. The number of carbonyl (C=O) groups is 1. The Labute approximate surface area is 125 Å². The molecule has 0 aliphatic carbocycles. The zero-order valence-corrected chi connectivity index (χ0v) is 13.2. The molecule has 19 heavy (non-hydrogen) atoms. The van der Waals surface area contributed by atoms with Crippen LogP contribution in [0, 0.1) is 6.92 Å². The molecule has 1 aromatic carbocycles. The van der Waals surface area contributed by atoms with E-state index in [1.807, 2.05) is 30.5 Å². The smallest absolute Gasteiger partial charge is 0.253 e. The fourth-order valence-electron chi connectivity index (χ4n) is 1.74. The second-order valence-corrected chi connectivity index (χ2v) is 6.38. The predicted molar refractivity (Wildman–Crippen MR) is 83.4 cm³/mol. The van der Waals surface area contributed by atoms with Crippen LogP contribution in [0.1, 0.15) is 20.8 Å². The highest BCUT2D eigenvalue weighted by atomic mass is 79.9. The number of hydrogen-bond donors (Lipinski definition) is 1. The summed E-state index contributed by atoms with van der Waals surface area (Å²) in [5, 5.41) is 2.01. The minimum absolute atomic E-state index is 0.0174. The number of amides is 1. The van der Waals surface area contributed by atoms with Crippen LogP contribution in [0.5, 0.6) is 0 Å². The van der Waals surface area contributed by atoms with E-state index in [0.717, 1.165) is 14.9 Å². The predicted octanol–water partition coefficient (Wildman–Crippen LogP) is 3.67. The molecule has 0 saturated carbocycles. The summed E-state index contributed by atoms with van der Waals surface area (Å²) in [5.74, 6) is -0.0174. The molecule has 2 N–H and O–H groups in total. The Morgan fingerprint density at radius 3 is 2.74 bits per heavy atom. The first-order valence-corrected chi connectivity index (χ1v) is 7.49. The second-order valence-electron chi connectivity index (χ2n) is 4.46. The molecule has 100 valence electrons. The lowest BCUT2D eigenvalue weighted by atomic mass is 10.1. The van der Waals surface area contributed by atoms with E-state index in [0.29, 0.717) is 17.8 Å². The standard InChI is InChI=1S/C14H15BrN2OS/c1-9-3-4-10(5-13(9)16)14(18)17(2)7-12-6-11(15)8-19-12/h3-6,8H,7,16H2,1-2H3. The van der Waals surface area contributed by atoms with Crippen LogP contribution >= 0.6 is 27.3 Å². The number of anilines is 1. The molecular formula is C14H15BrN2OS. The third kappa shape index (κ3) is 3.36. The number of benzene rings is 1. The van der Waals surface area contributed by atoms with Crippen LogP contribution in [0.3, 0.4) is 0 Å². The van der Waals surface area contributed by atoms with Gasteiger partial charge in [0, 0.05) is 33.0 Å². The van der Waals surface area contributed by atoms with E-state index in [4.69, 9.17) is 5.73 Å². The molecule has 0 atom stereocenters. The summed E-state index contributed by atoms with van der Waals surface area (Å²) < 4.78 is 1.05. The largest absolute Gasteiger partial charge is 0.398 e. The summed E-state index contributed by atoms with van der Waals surface area (Å²) >= 11 is 5.04. The topological polar surface area (TPSA) is 46.3 Å². The van der Waals surface area contributed by atoms with Crippen molar-refractivity contribution in [2.45, 2.75) is 13.5 Å². The van der Waals surface area contributed by atoms with Gasteiger partial charge in [0.1, 0.15) is 0 Å². The van der Waals surface area contributed by atoms with Gasteiger partial charge in [0.2, 0.25) is 0 Å². The van der Waals surface area contributed by atoms with Gasteiger partial charge in [-0.25, -0.2) is 0 Å². The van der Waals surface area contributed by atoms with Gasteiger partial charge >= 0.3 is 0 Å². The number of aryl methyl sites for hydroxylation is 1. The molecule has 0 bridgehead atoms. The Kier molecular flexibility index (Phi) is 4.27. The first kappa shape index (κ1) is 14.1. The van der Waals surface area contributed by atoms with E-state index in [-0.39, 0.29) is 5.91 Å². The number of thiophene rings is 1. The van der Waals surface area contributed by atoms with Crippen LogP contribution in [0.25, 0.3) is 0 Å². The highest BCUT2D eigenvalue weighted by molar-refractivity contribution is 9.10. The molecule has 0 saturated heterocycles. The summed E-state index contributed by atoms with van der Waals surface area (Å²) in [7, 11) is 1.80. The fraction of sp³-hybridized carbons (Fsp3) is 0.214. The van der Waals surface area contributed by atoms with E-state index >= 15 is 0 Å². The summed E-state index contributed by atoms with van der Waals surface area (Å²) in [6.07, 6.45) is 0. The van der Waals surface area contributed by atoms with Crippen molar-refractivity contribution in [1.29, 1.82) is 0 Å². The lowest BCUT2D eigenvalue weighted by Gasteiger charge is -2.16. The van der Waals surface area contributed by atoms with Crippen LogP contribution < -0.4 is 5.73 Å². The average molecular weight is 339 g/mol. The van der Waals surface area contributed by atoms with Crippen molar-refractivity contribution in [2.75, 3.05) is 12.8 Å². The zero-order chi connectivity index (χ0) is 14.0. The quantitative estimate of drug-likeness (QED) is 0.868. The highest BCUT2D eigenvalue weighted by Gasteiger charge is 2.13. The van der Waals surface area contributed by atoms with Crippen LogP contribution in [0.4, 0.5) is 5.69 Å². The van der Waals surface area contributed by atoms with E-state index < -0.39 is 0 Å². The number of halogens is 1. The van der Waals surface area contributed by atoms with Gasteiger partial charge in [-0.15, -0.1) is 11.3 Å². The number of nitrogens with two attached hydrogens (primary N) is 1. The normalized spacial score (nSPS) is 10.5. The van der Waals surface area contributed by atoms with Crippen LogP contribution in [-0.4, -0.2) is 17.9 Å². The molecule has 0 radical (unpaired) electrons. The van der Waals surface area contributed by atoms with E-state index in [2.05, 4.69) is 15.9 Å². The van der Waals surface area contributed by atoms with Gasteiger partial charge in [-0.05, 0) is 46.6 Å². The Morgan fingerprint density at radius 1 is 1.42 bits per heavy atom. The molecule has 0 unspecified atom stereocenters. The summed E-state index contributed by atoms with van der Waals surface area (Å²) in [5.41, 5.74) is 8.10. The van der Waals surface area contributed by atoms with Gasteiger partial charge in [0.15, 0.2) is 0 Å². The van der Waals surface area contributed by atoms with E-state index in [1.54, 1.807) is 29.4 Å². The van der Waals surface area contributed by atoms with Crippen molar-refractivity contribution in [1.82, 2.24) is 4.90 Å². The lowest BCUT2D eigenvalue weighted by Crippen LogP contribution is -2.25. The van der Waals surface area contributed by atoms with E-state index in [1.165, 1.54) is 0 Å². The van der Waals surface area contributed by atoms with Gasteiger partial charge in [-0.1, -0.05) is 6.07 Å². The number of nitrogen functional groups attached to an aromatic ring is 1. The third-order valence-corrected chi connectivity index (χ3v) is 4.57. The van der Waals surface area contributed by atoms with Gasteiger partial charge in [-0.2, -0.15) is 0 Å². The molecule has 2 aromatic rings. The number of hydrogen-bond acceptors (Lipinski definition) is 3. The molecule has 3 nitrogen and oxygen atoms in total. The molecule has 1 aromatic heterocycles. The zero-order valence-electron chi connectivity index (χ0n) is 10.8. The monoisotopic (exact) mass is 338 g/mol. The minimum Gasteiger partial charge on any atom is -0.398 e. The maximum absolute atomic E-state index is 12.3. The number of nitrogens with zero attached hydrogens (tertiary/aromatic N) is 1. The van der Waals surface area contributed by atoms with Crippen molar-refractivity contribution in [3.63, 3.8) is 0 Å². The van der Waals surface area contributed by atoms with Crippen LogP contribution in [-0.2, 0) is 6.54 Å². The molecule has 1 heterocycles. The molecule has 2 rings (SSSR count). The fourth-order valence-corrected chi connectivity index (χ4v) is 3.24. The maximum Gasteiger partial charge on any atom is 0.253 e. The second kappa shape index (κ2) is 5.75. The first-order chi connectivity index (χ1) is 8.97. The Bertz CT molecular complexity index is 609. The summed E-state index contributed by atoms with van der Waals surface area (Å²) in [4.78, 5) is 15.1. The average Bonchev–Trinajstić information content (AvgIpc) is 2.77. The lowest BCUT2D eigenvalue weighted by molar-refractivity contribution is 0.0786. The van der Waals surface area contributed by atoms with Crippen molar-refractivity contribution in [3.8, 4) is 0 Å². The van der Waals surface area contributed by atoms with Gasteiger partial charge < -0.3 is 10.6 Å². The Balaban J connectivity index is 2.12. The van der Waals surface area contributed by atoms with Crippen molar-refractivity contribution in [2.24, 2.45) is 0 Å². The third-order valence-electron chi connectivity index (χ3n) is 2.89. The Morgan fingerprint density at radius 2 is 2.16 bits per heavy atom. The van der Waals surface area contributed by atoms with Crippen LogP contribution in [0.15, 0.2) is 34.1 Å². The summed E-state index contributed by atoms with van der Waals surface area (Å²) in [6.45, 7) is 2.53. The Hall–Kier alpha value is -1.33. The van der Waals surface area contributed by atoms with Crippen LogP contribution in [0.2, 0.25) is 0 Å². The minimum atomic E-state index is -0.0174.